The standard InChI is InChI=1S/C22H30FN5O/c1-3-24-22(26-15-19-18(23)10-8-12-25-19)27-16-20(28-13-6-7-14-28)17-9-4-5-11-21(17)29-2/h4-5,8-12,20H,3,6-7,13-16H2,1-2H3,(H2,24,26,27). The molecule has 6 nitrogen and oxygen atoms in total. The summed E-state index contributed by atoms with van der Waals surface area (Å²) in [7, 11) is 1.71. The summed E-state index contributed by atoms with van der Waals surface area (Å²) in [5.41, 5.74) is 1.50. The predicted molar refractivity (Wildman–Crippen MR) is 114 cm³/mol. The van der Waals surface area contributed by atoms with Gasteiger partial charge in [0.1, 0.15) is 11.6 Å². The molecular formula is C22H30FN5O. The Morgan fingerprint density at radius 2 is 2.00 bits per heavy atom. The Labute approximate surface area is 172 Å². The lowest BCUT2D eigenvalue weighted by atomic mass is 10.0. The summed E-state index contributed by atoms with van der Waals surface area (Å²) >= 11 is 0. The first-order valence-electron chi connectivity index (χ1n) is 10.2. The summed E-state index contributed by atoms with van der Waals surface area (Å²) in [4.78, 5) is 11.1. The number of nitrogens with zero attached hydrogens (tertiary/aromatic N) is 3. The quantitative estimate of drug-likeness (QED) is 0.528. The number of para-hydroxylation sites is 1. The third-order valence-electron chi connectivity index (χ3n) is 5.11. The Hall–Kier alpha value is -2.67. The van der Waals surface area contributed by atoms with Crippen molar-refractivity contribution in [3.63, 3.8) is 0 Å². The summed E-state index contributed by atoms with van der Waals surface area (Å²) < 4.78 is 19.5. The Balaban J connectivity index is 1.75. The van der Waals surface area contributed by atoms with E-state index >= 15 is 0 Å². The number of aromatic nitrogens is 1. The molecule has 7 heteroatoms. The van der Waals surface area contributed by atoms with Gasteiger partial charge in [0.15, 0.2) is 5.96 Å². The van der Waals surface area contributed by atoms with E-state index in [-0.39, 0.29) is 18.4 Å². The highest BCUT2D eigenvalue weighted by molar-refractivity contribution is 5.79. The van der Waals surface area contributed by atoms with Gasteiger partial charge in [-0.15, -0.1) is 0 Å². The van der Waals surface area contributed by atoms with Crippen molar-refractivity contribution in [2.75, 3.05) is 33.3 Å². The molecule has 0 amide bonds. The highest BCUT2D eigenvalue weighted by Gasteiger charge is 2.26. The van der Waals surface area contributed by atoms with Gasteiger partial charge in [-0.1, -0.05) is 18.2 Å². The average molecular weight is 400 g/mol. The van der Waals surface area contributed by atoms with E-state index in [0.29, 0.717) is 18.2 Å². The maximum absolute atomic E-state index is 13.9. The molecule has 1 aromatic heterocycles. The number of likely N-dealkylation sites (tertiary alicyclic amines) is 1. The fourth-order valence-corrected chi connectivity index (χ4v) is 3.65. The lowest BCUT2D eigenvalue weighted by Crippen LogP contribution is -2.42. The fraction of sp³-hybridized carbons (Fsp3) is 0.455. The maximum Gasteiger partial charge on any atom is 0.191 e. The Kier molecular flexibility index (Phi) is 7.81. The third-order valence-corrected chi connectivity index (χ3v) is 5.11. The molecule has 3 rings (SSSR count). The summed E-state index contributed by atoms with van der Waals surface area (Å²) in [5, 5.41) is 6.67. The van der Waals surface area contributed by atoms with E-state index in [1.807, 2.05) is 25.1 Å². The zero-order valence-corrected chi connectivity index (χ0v) is 17.2. The van der Waals surface area contributed by atoms with Crippen LogP contribution in [0.5, 0.6) is 5.75 Å². The van der Waals surface area contributed by atoms with Crippen LogP contribution >= 0.6 is 0 Å². The van der Waals surface area contributed by atoms with Crippen LogP contribution in [0.3, 0.4) is 0 Å². The van der Waals surface area contributed by atoms with Gasteiger partial charge in [-0.25, -0.2) is 9.38 Å². The number of halogens is 1. The van der Waals surface area contributed by atoms with E-state index in [2.05, 4.69) is 31.6 Å². The van der Waals surface area contributed by atoms with E-state index in [1.54, 1.807) is 19.4 Å². The molecular weight excluding hydrogens is 369 g/mol. The number of benzene rings is 1. The highest BCUT2D eigenvalue weighted by atomic mass is 19.1. The van der Waals surface area contributed by atoms with Gasteiger partial charge >= 0.3 is 0 Å². The van der Waals surface area contributed by atoms with Crippen LogP contribution in [-0.2, 0) is 6.54 Å². The van der Waals surface area contributed by atoms with Crippen LogP contribution in [0.15, 0.2) is 47.6 Å². The Morgan fingerprint density at radius 1 is 1.21 bits per heavy atom. The number of aliphatic imine (C=N–C) groups is 1. The van der Waals surface area contributed by atoms with Gasteiger partial charge in [0.05, 0.1) is 25.4 Å². The van der Waals surface area contributed by atoms with Crippen molar-refractivity contribution in [1.29, 1.82) is 0 Å². The first-order valence-corrected chi connectivity index (χ1v) is 10.2. The van der Waals surface area contributed by atoms with Crippen LogP contribution in [0.4, 0.5) is 4.39 Å². The van der Waals surface area contributed by atoms with Crippen molar-refractivity contribution >= 4 is 5.96 Å². The summed E-state index contributed by atoms with van der Waals surface area (Å²) in [5.74, 6) is 1.21. The Bertz CT molecular complexity index is 807. The molecule has 2 aromatic rings. The molecule has 2 N–H and O–H groups in total. The molecule has 1 aromatic carbocycles. The van der Waals surface area contributed by atoms with Gasteiger partial charge in [-0.2, -0.15) is 0 Å². The SMILES string of the molecule is CCNC(=NCc1ncccc1F)NCC(c1ccccc1OC)N1CCCC1. The molecule has 1 fully saturated rings. The molecule has 0 spiro atoms. The van der Waals surface area contributed by atoms with E-state index in [0.717, 1.165) is 30.9 Å². The van der Waals surface area contributed by atoms with E-state index in [4.69, 9.17) is 4.74 Å². The van der Waals surface area contributed by atoms with Crippen LogP contribution in [0, 0.1) is 5.82 Å². The molecule has 0 bridgehead atoms. The summed E-state index contributed by atoms with van der Waals surface area (Å²) in [6.45, 7) is 5.73. The lowest BCUT2D eigenvalue weighted by Gasteiger charge is -2.30. The van der Waals surface area contributed by atoms with E-state index in [9.17, 15) is 4.39 Å². The first kappa shape index (κ1) is 21.0. The molecule has 1 aliphatic rings. The second-order valence-electron chi connectivity index (χ2n) is 7.01. The van der Waals surface area contributed by atoms with Crippen LogP contribution in [0.1, 0.15) is 37.1 Å². The van der Waals surface area contributed by atoms with Gasteiger partial charge in [-0.05, 0) is 51.1 Å². The van der Waals surface area contributed by atoms with Crippen molar-refractivity contribution in [3.8, 4) is 5.75 Å². The van der Waals surface area contributed by atoms with Gasteiger partial charge in [0.25, 0.3) is 0 Å². The largest absolute Gasteiger partial charge is 0.496 e. The first-order chi connectivity index (χ1) is 14.2. The van der Waals surface area contributed by atoms with Gasteiger partial charge in [-0.3, -0.25) is 9.88 Å². The Morgan fingerprint density at radius 3 is 2.72 bits per heavy atom. The van der Waals surface area contributed by atoms with Gasteiger partial charge in [0, 0.05) is 24.8 Å². The van der Waals surface area contributed by atoms with E-state index < -0.39 is 0 Å². The molecule has 1 unspecified atom stereocenters. The fourth-order valence-electron chi connectivity index (χ4n) is 3.65. The van der Waals surface area contributed by atoms with Crippen molar-refractivity contribution in [3.05, 3.63) is 59.7 Å². The van der Waals surface area contributed by atoms with Crippen molar-refractivity contribution in [1.82, 2.24) is 20.5 Å². The molecule has 0 radical (unpaired) electrons. The molecule has 156 valence electrons. The number of hydrogen-bond acceptors (Lipinski definition) is 4. The zero-order valence-electron chi connectivity index (χ0n) is 17.2. The normalized spacial score (nSPS) is 15.9. The van der Waals surface area contributed by atoms with Crippen molar-refractivity contribution in [2.24, 2.45) is 4.99 Å². The molecule has 1 saturated heterocycles. The number of hydrogen-bond donors (Lipinski definition) is 2. The number of pyridine rings is 1. The lowest BCUT2D eigenvalue weighted by molar-refractivity contribution is 0.239. The van der Waals surface area contributed by atoms with Crippen LogP contribution in [0.25, 0.3) is 0 Å². The number of ether oxygens (including phenoxy) is 1. The molecule has 0 aliphatic carbocycles. The average Bonchev–Trinajstić information content (AvgIpc) is 3.28. The number of nitrogens with one attached hydrogen (secondary N) is 2. The maximum atomic E-state index is 13.9. The number of guanidine groups is 1. The van der Waals surface area contributed by atoms with E-state index in [1.165, 1.54) is 18.9 Å². The van der Waals surface area contributed by atoms with Crippen molar-refractivity contribution < 1.29 is 9.13 Å². The summed E-state index contributed by atoms with van der Waals surface area (Å²) in [6.07, 6.45) is 4.00. The van der Waals surface area contributed by atoms with Crippen LogP contribution in [0.2, 0.25) is 0 Å². The van der Waals surface area contributed by atoms with Gasteiger partial charge in [0.2, 0.25) is 0 Å². The topological polar surface area (TPSA) is 61.8 Å². The molecule has 2 heterocycles. The second kappa shape index (κ2) is 10.8. The zero-order chi connectivity index (χ0) is 20.5. The predicted octanol–water partition coefficient (Wildman–Crippen LogP) is 3.12. The monoisotopic (exact) mass is 399 g/mol. The highest BCUT2D eigenvalue weighted by Crippen LogP contribution is 2.31. The summed E-state index contributed by atoms with van der Waals surface area (Å²) in [6, 6.07) is 11.3. The van der Waals surface area contributed by atoms with Crippen LogP contribution < -0.4 is 15.4 Å². The molecule has 0 saturated carbocycles. The minimum Gasteiger partial charge on any atom is -0.496 e. The van der Waals surface area contributed by atoms with Crippen LogP contribution in [-0.4, -0.2) is 49.1 Å². The van der Waals surface area contributed by atoms with Crippen molar-refractivity contribution in [2.45, 2.75) is 32.4 Å². The smallest absolute Gasteiger partial charge is 0.191 e. The second-order valence-corrected chi connectivity index (χ2v) is 7.01. The number of methoxy groups -OCH3 is 1. The van der Waals surface area contributed by atoms with Gasteiger partial charge < -0.3 is 15.4 Å². The molecule has 29 heavy (non-hydrogen) atoms. The molecule has 1 aliphatic heterocycles. The minimum absolute atomic E-state index is 0.170. The minimum atomic E-state index is -0.337. The third kappa shape index (κ3) is 5.67. The number of rotatable bonds is 8. The molecule has 1 atom stereocenters.